The van der Waals surface area contributed by atoms with Crippen molar-refractivity contribution in [1.82, 2.24) is 9.80 Å². The summed E-state index contributed by atoms with van der Waals surface area (Å²) in [4.78, 5) is 27.6. The van der Waals surface area contributed by atoms with Crippen molar-refractivity contribution in [3.63, 3.8) is 0 Å². The van der Waals surface area contributed by atoms with E-state index in [1.807, 2.05) is 31.2 Å². The maximum absolute atomic E-state index is 12.4. The number of carbonyl (C=O) groups is 2. The van der Waals surface area contributed by atoms with Crippen LogP contribution in [0.1, 0.15) is 31.7 Å². The number of hydrogen-bond acceptors (Lipinski definition) is 2. The topological polar surface area (TPSA) is 40.6 Å². The highest BCUT2D eigenvalue weighted by Crippen LogP contribution is 2.14. The Bertz CT molecular complexity index is 519. The lowest BCUT2D eigenvalue weighted by molar-refractivity contribution is -0.142. The lowest BCUT2D eigenvalue weighted by Gasteiger charge is -2.29. The molecule has 21 heavy (non-hydrogen) atoms. The van der Waals surface area contributed by atoms with Gasteiger partial charge in [0.1, 0.15) is 0 Å². The summed E-state index contributed by atoms with van der Waals surface area (Å²) in [6, 6.07) is 7.51. The van der Waals surface area contributed by atoms with Crippen LogP contribution in [0.15, 0.2) is 24.3 Å². The van der Waals surface area contributed by atoms with Gasteiger partial charge >= 0.3 is 0 Å². The van der Waals surface area contributed by atoms with E-state index in [2.05, 4.69) is 0 Å². The average Bonchev–Trinajstić information content (AvgIpc) is 2.47. The highest BCUT2D eigenvalue weighted by Gasteiger charge is 2.22. The van der Waals surface area contributed by atoms with Crippen LogP contribution in [0.25, 0.3) is 0 Å². The Labute approximate surface area is 130 Å². The molecule has 0 aliphatic carbocycles. The molecule has 1 aromatic carbocycles. The molecule has 0 bridgehead atoms. The third-order valence-electron chi connectivity index (χ3n) is 3.74. The maximum Gasteiger partial charge on any atom is 0.242 e. The van der Waals surface area contributed by atoms with Gasteiger partial charge in [0.05, 0.1) is 6.54 Å². The average molecular weight is 309 g/mol. The van der Waals surface area contributed by atoms with Crippen LogP contribution in [0.4, 0.5) is 0 Å². The van der Waals surface area contributed by atoms with Gasteiger partial charge in [-0.1, -0.05) is 23.7 Å². The molecule has 2 rings (SSSR count). The van der Waals surface area contributed by atoms with Crippen LogP contribution in [0.3, 0.4) is 0 Å². The number of hydrogen-bond donors (Lipinski definition) is 0. The van der Waals surface area contributed by atoms with Crippen LogP contribution in [0, 0.1) is 0 Å². The second-order valence-electron chi connectivity index (χ2n) is 5.31. The number of benzene rings is 1. The summed E-state index contributed by atoms with van der Waals surface area (Å²) in [5, 5.41) is 0.669. The summed E-state index contributed by atoms with van der Waals surface area (Å²) in [7, 11) is 0. The Morgan fingerprint density at radius 1 is 1.38 bits per heavy atom. The summed E-state index contributed by atoms with van der Waals surface area (Å²) >= 11 is 5.97. The fourth-order valence-electron chi connectivity index (χ4n) is 2.52. The van der Waals surface area contributed by atoms with Crippen molar-refractivity contribution in [3.05, 3.63) is 34.9 Å². The second kappa shape index (κ2) is 7.46. The molecule has 5 heteroatoms. The van der Waals surface area contributed by atoms with Gasteiger partial charge in [-0.2, -0.15) is 0 Å². The third-order valence-corrected chi connectivity index (χ3v) is 3.98. The molecule has 0 N–H and O–H groups in total. The van der Waals surface area contributed by atoms with Crippen molar-refractivity contribution in [2.45, 2.75) is 32.7 Å². The minimum absolute atomic E-state index is 0.00674. The number of halogens is 1. The van der Waals surface area contributed by atoms with Crippen LogP contribution >= 0.6 is 11.6 Å². The smallest absolute Gasteiger partial charge is 0.242 e. The van der Waals surface area contributed by atoms with Crippen molar-refractivity contribution < 1.29 is 9.59 Å². The number of piperidine rings is 1. The first-order chi connectivity index (χ1) is 10.1. The lowest BCUT2D eigenvalue weighted by Crippen LogP contribution is -2.44. The zero-order valence-electron chi connectivity index (χ0n) is 12.3. The summed E-state index contributed by atoms with van der Waals surface area (Å²) in [6.45, 7) is 3.97. The summed E-state index contributed by atoms with van der Waals surface area (Å²) < 4.78 is 0. The predicted octanol–water partition coefficient (Wildman–Crippen LogP) is 2.70. The molecular weight excluding hydrogens is 288 g/mol. The molecule has 1 fully saturated rings. The van der Waals surface area contributed by atoms with Crippen molar-refractivity contribution in [2.75, 3.05) is 19.6 Å². The standard InChI is InChI=1S/C16H21ClN2O2/c1-2-18(11-13-6-5-7-14(17)10-13)16(21)12-19-9-4-3-8-15(19)20/h5-7,10H,2-4,8-9,11-12H2,1H3. The van der Waals surface area contributed by atoms with Gasteiger partial charge in [-0.3, -0.25) is 9.59 Å². The molecule has 1 aliphatic rings. The normalized spacial score (nSPS) is 15.1. The quantitative estimate of drug-likeness (QED) is 0.839. The van der Waals surface area contributed by atoms with Gasteiger partial charge in [-0.15, -0.1) is 0 Å². The molecule has 0 unspecified atom stereocenters. The zero-order valence-corrected chi connectivity index (χ0v) is 13.1. The Balaban J connectivity index is 1.96. The van der Waals surface area contributed by atoms with Crippen molar-refractivity contribution in [2.24, 2.45) is 0 Å². The van der Waals surface area contributed by atoms with E-state index in [9.17, 15) is 9.59 Å². The minimum Gasteiger partial charge on any atom is -0.337 e. The second-order valence-corrected chi connectivity index (χ2v) is 5.75. The fourth-order valence-corrected chi connectivity index (χ4v) is 2.74. The lowest BCUT2D eigenvalue weighted by atomic mass is 10.1. The Morgan fingerprint density at radius 3 is 2.86 bits per heavy atom. The van der Waals surface area contributed by atoms with E-state index >= 15 is 0 Å². The SMILES string of the molecule is CCN(Cc1cccc(Cl)c1)C(=O)CN1CCCCC1=O. The molecular formula is C16H21ClN2O2. The van der Waals surface area contributed by atoms with Gasteiger partial charge < -0.3 is 9.80 Å². The third kappa shape index (κ3) is 4.46. The molecule has 114 valence electrons. The molecule has 0 radical (unpaired) electrons. The van der Waals surface area contributed by atoms with Crippen molar-refractivity contribution in [1.29, 1.82) is 0 Å². The molecule has 0 spiro atoms. The molecule has 1 aromatic rings. The first-order valence-corrected chi connectivity index (χ1v) is 7.78. The van der Waals surface area contributed by atoms with Crippen LogP contribution in [0.5, 0.6) is 0 Å². The largest absolute Gasteiger partial charge is 0.337 e. The van der Waals surface area contributed by atoms with Crippen molar-refractivity contribution in [3.8, 4) is 0 Å². The van der Waals surface area contributed by atoms with Crippen LogP contribution in [-0.2, 0) is 16.1 Å². The van der Waals surface area contributed by atoms with Gasteiger partial charge in [-0.25, -0.2) is 0 Å². The van der Waals surface area contributed by atoms with E-state index in [4.69, 9.17) is 11.6 Å². The van der Waals surface area contributed by atoms with E-state index in [1.165, 1.54) is 0 Å². The van der Waals surface area contributed by atoms with E-state index in [0.29, 0.717) is 31.1 Å². The Morgan fingerprint density at radius 2 is 2.19 bits per heavy atom. The molecule has 0 aromatic heterocycles. The number of carbonyl (C=O) groups excluding carboxylic acids is 2. The van der Waals surface area contributed by atoms with E-state index < -0.39 is 0 Å². The van der Waals surface area contributed by atoms with Gasteiger partial charge in [0.15, 0.2) is 0 Å². The summed E-state index contributed by atoms with van der Waals surface area (Å²) in [5.74, 6) is 0.0844. The summed E-state index contributed by atoms with van der Waals surface area (Å²) in [6.07, 6.45) is 2.48. The zero-order chi connectivity index (χ0) is 15.2. The molecule has 2 amide bonds. The van der Waals surface area contributed by atoms with Gasteiger partial charge in [-0.05, 0) is 37.5 Å². The summed E-state index contributed by atoms with van der Waals surface area (Å²) in [5.41, 5.74) is 1.00. The molecule has 0 saturated carbocycles. The van der Waals surface area contributed by atoms with Crippen molar-refractivity contribution >= 4 is 23.4 Å². The maximum atomic E-state index is 12.4. The van der Waals surface area contributed by atoms with E-state index in [-0.39, 0.29) is 18.4 Å². The monoisotopic (exact) mass is 308 g/mol. The molecule has 1 heterocycles. The van der Waals surface area contributed by atoms with Crippen LogP contribution < -0.4 is 0 Å². The number of rotatable bonds is 5. The molecule has 1 saturated heterocycles. The first kappa shape index (κ1) is 15.8. The Kier molecular flexibility index (Phi) is 5.62. The van der Waals surface area contributed by atoms with E-state index in [0.717, 1.165) is 18.4 Å². The highest BCUT2D eigenvalue weighted by atomic mass is 35.5. The van der Waals surface area contributed by atoms with Gasteiger partial charge in [0, 0.05) is 31.1 Å². The number of nitrogens with zero attached hydrogens (tertiary/aromatic N) is 2. The number of likely N-dealkylation sites (tertiary alicyclic amines) is 1. The molecule has 0 atom stereocenters. The highest BCUT2D eigenvalue weighted by molar-refractivity contribution is 6.30. The molecule has 4 nitrogen and oxygen atoms in total. The van der Waals surface area contributed by atoms with Gasteiger partial charge in [0.2, 0.25) is 11.8 Å². The minimum atomic E-state index is -0.00674. The number of amides is 2. The number of likely N-dealkylation sites (N-methyl/N-ethyl adjacent to an activating group) is 1. The molecule has 1 aliphatic heterocycles. The van der Waals surface area contributed by atoms with Crippen LogP contribution in [-0.4, -0.2) is 41.2 Å². The van der Waals surface area contributed by atoms with Gasteiger partial charge in [0.25, 0.3) is 0 Å². The predicted molar refractivity (Wildman–Crippen MR) is 83.0 cm³/mol. The fraction of sp³-hybridized carbons (Fsp3) is 0.500. The van der Waals surface area contributed by atoms with Crippen LogP contribution in [0.2, 0.25) is 5.02 Å². The first-order valence-electron chi connectivity index (χ1n) is 7.40. The Hall–Kier alpha value is -1.55. The van der Waals surface area contributed by atoms with E-state index in [1.54, 1.807) is 9.80 Å².